The van der Waals surface area contributed by atoms with Gasteiger partial charge in [0.2, 0.25) is 5.91 Å². The molecule has 0 aliphatic heterocycles. The molecule has 4 unspecified atom stereocenters. The van der Waals surface area contributed by atoms with Crippen molar-refractivity contribution in [3.63, 3.8) is 0 Å². The summed E-state index contributed by atoms with van der Waals surface area (Å²) in [5, 5.41) is 2.86. The lowest BCUT2D eigenvalue weighted by atomic mass is 9.86. The lowest BCUT2D eigenvalue weighted by Gasteiger charge is -2.30. The zero-order valence-corrected chi connectivity index (χ0v) is 16.7. The fourth-order valence-electron chi connectivity index (χ4n) is 3.41. The minimum Gasteiger partial charge on any atom is -0.467 e. The van der Waals surface area contributed by atoms with E-state index in [1.807, 2.05) is 37.3 Å². The van der Waals surface area contributed by atoms with Gasteiger partial charge in [-0.2, -0.15) is 0 Å². The number of benzene rings is 1. The second-order valence-electron chi connectivity index (χ2n) is 6.72. The van der Waals surface area contributed by atoms with Crippen LogP contribution in [0.4, 0.5) is 0 Å². The van der Waals surface area contributed by atoms with Crippen molar-refractivity contribution in [2.24, 2.45) is 11.8 Å². The van der Waals surface area contributed by atoms with Crippen LogP contribution in [0.2, 0.25) is 0 Å². The zero-order chi connectivity index (χ0) is 19.5. The van der Waals surface area contributed by atoms with Crippen molar-refractivity contribution in [1.82, 2.24) is 5.32 Å². The highest BCUT2D eigenvalue weighted by molar-refractivity contribution is 5.86. The lowest BCUT2D eigenvalue weighted by Crippen LogP contribution is -2.48. The number of amides is 1. The Morgan fingerprint density at radius 3 is 2.27 bits per heavy atom. The number of methoxy groups -OCH3 is 2. The zero-order valence-electron chi connectivity index (χ0n) is 16.7. The molecule has 1 N–H and O–H groups in total. The summed E-state index contributed by atoms with van der Waals surface area (Å²) in [5.41, 5.74) is 0.969. The second-order valence-corrected chi connectivity index (χ2v) is 6.72. The molecule has 0 spiro atoms. The van der Waals surface area contributed by atoms with E-state index < -0.39 is 12.0 Å². The average molecular weight is 363 g/mol. The van der Waals surface area contributed by atoms with Crippen molar-refractivity contribution in [2.75, 3.05) is 14.2 Å². The number of esters is 1. The van der Waals surface area contributed by atoms with Crippen LogP contribution in [0, 0.1) is 11.8 Å². The molecule has 0 aromatic heterocycles. The first-order chi connectivity index (χ1) is 12.5. The van der Waals surface area contributed by atoms with Crippen LogP contribution in [0.15, 0.2) is 30.3 Å². The molecule has 4 atom stereocenters. The largest absolute Gasteiger partial charge is 0.467 e. The monoisotopic (exact) mass is 363 g/mol. The minimum atomic E-state index is -0.707. The molecule has 1 aromatic carbocycles. The molecule has 146 valence electrons. The Kier molecular flexibility index (Phi) is 9.96. The summed E-state index contributed by atoms with van der Waals surface area (Å²) in [6.45, 7) is 6.11. The summed E-state index contributed by atoms with van der Waals surface area (Å²) in [7, 11) is 2.98. The third-order valence-electron chi connectivity index (χ3n) is 4.91. The SMILES string of the molecule is CCCC(CC)C(OC)C(C)C(=O)NC(Cc1ccccc1)C(=O)OC. The summed E-state index contributed by atoms with van der Waals surface area (Å²) in [4.78, 5) is 24.9. The molecule has 0 heterocycles. The van der Waals surface area contributed by atoms with Crippen molar-refractivity contribution in [2.45, 2.75) is 58.6 Å². The van der Waals surface area contributed by atoms with Crippen LogP contribution in [-0.2, 0) is 25.5 Å². The summed E-state index contributed by atoms with van der Waals surface area (Å²) in [5.74, 6) is -0.655. The van der Waals surface area contributed by atoms with Crippen molar-refractivity contribution in [3.8, 4) is 0 Å². The van der Waals surface area contributed by atoms with Crippen molar-refractivity contribution >= 4 is 11.9 Å². The summed E-state index contributed by atoms with van der Waals surface area (Å²) in [6, 6.07) is 8.88. The van der Waals surface area contributed by atoms with Crippen LogP contribution in [0.5, 0.6) is 0 Å². The van der Waals surface area contributed by atoms with E-state index >= 15 is 0 Å². The third-order valence-corrected chi connectivity index (χ3v) is 4.91. The van der Waals surface area contributed by atoms with Crippen LogP contribution in [0.3, 0.4) is 0 Å². The van der Waals surface area contributed by atoms with E-state index in [-0.39, 0.29) is 17.9 Å². The Morgan fingerprint density at radius 2 is 1.77 bits per heavy atom. The fraction of sp³-hybridized carbons (Fsp3) is 0.619. The maximum Gasteiger partial charge on any atom is 0.328 e. The number of nitrogens with one attached hydrogen (secondary N) is 1. The molecule has 0 aliphatic rings. The number of hydrogen-bond acceptors (Lipinski definition) is 4. The molecule has 0 radical (unpaired) electrons. The van der Waals surface area contributed by atoms with Gasteiger partial charge in [-0.3, -0.25) is 4.79 Å². The molecule has 1 rings (SSSR count). The molecule has 5 heteroatoms. The minimum absolute atomic E-state index is 0.171. The highest BCUT2D eigenvalue weighted by atomic mass is 16.5. The Balaban J connectivity index is 2.84. The van der Waals surface area contributed by atoms with Gasteiger partial charge in [0.25, 0.3) is 0 Å². The molecule has 0 fully saturated rings. The second kappa shape index (κ2) is 11.7. The smallest absolute Gasteiger partial charge is 0.328 e. The van der Waals surface area contributed by atoms with Crippen LogP contribution >= 0.6 is 0 Å². The highest BCUT2D eigenvalue weighted by Gasteiger charge is 2.32. The van der Waals surface area contributed by atoms with E-state index in [0.29, 0.717) is 12.3 Å². The van der Waals surface area contributed by atoms with E-state index in [1.165, 1.54) is 7.11 Å². The molecular weight excluding hydrogens is 330 g/mol. The van der Waals surface area contributed by atoms with Gasteiger partial charge in [0, 0.05) is 13.5 Å². The average Bonchev–Trinajstić information content (AvgIpc) is 2.67. The van der Waals surface area contributed by atoms with Crippen LogP contribution in [-0.4, -0.2) is 38.2 Å². The lowest BCUT2D eigenvalue weighted by molar-refractivity contribution is -0.146. The van der Waals surface area contributed by atoms with E-state index in [0.717, 1.165) is 24.8 Å². The summed E-state index contributed by atoms with van der Waals surface area (Å²) < 4.78 is 10.5. The van der Waals surface area contributed by atoms with Gasteiger partial charge < -0.3 is 14.8 Å². The topological polar surface area (TPSA) is 64.6 Å². The molecule has 0 aliphatic carbocycles. The van der Waals surface area contributed by atoms with Gasteiger partial charge in [-0.25, -0.2) is 4.79 Å². The summed E-state index contributed by atoms with van der Waals surface area (Å²) in [6.07, 6.45) is 3.24. The highest BCUT2D eigenvalue weighted by Crippen LogP contribution is 2.24. The first-order valence-corrected chi connectivity index (χ1v) is 9.43. The first-order valence-electron chi connectivity index (χ1n) is 9.43. The van der Waals surface area contributed by atoms with Crippen molar-refractivity contribution < 1.29 is 19.1 Å². The van der Waals surface area contributed by atoms with Gasteiger partial charge in [-0.15, -0.1) is 0 Å². The molecule has 0 saturated heterocycles. The quantitative estimate of drug-likeness (QED) is 0.612. The van der Waals surface area contributed by atoms with Gasteiger partial charge in [-0.05, 0) is 17.9 Å². The molecule has 26 heavy (non-hydrogen) atoms. The van der Waals surface area contributed by atoms with E-state index in [2.05, 4.69) is 19.2 Å². The molecular formula is C21H33NO4. The van der Waals surface area contributed by atoms with Gasteiger partial charge in [0.1, 0.15) is 6.04 Å². The number of rotatable bonds is 11. The van der Waals surface area contributed by atoms with Crippen LogP contribution < -0.4 is 5.32 Å². The van der Waals surface area contributed by atoms with Gasteiger partial charge in [0.15, 0.2) is 0 Å². The van der Waals surface area contributed by atoms with Crippen LogP contribution in [0.1, 0.15) is 45.6 Å². The predicted octanol–water partition coefficient (Wildman–Crippen LogP) is 3.36. The maximum absolute atomic E-state index is 12.8. The summed E-state index contributed by atoms with van der Waals surface area (Å²) >= 11 is 0. The van der Waals surface area contributed by atoms with Crippen molar-refractivity contribution in [1.29, 1.82) is 0 Å². The van der Waals surface area contributed by atoms with Gasteiger partial charge >= 0.3 is 5.97 Å². The molecule has 0 bridgehead atoms. The van der Waals surface area contributed by atoms with Gasteiger partial charge in [-0.1, -0.05) is 63.9 Å². The van der Waals surface area contributed by atoms with Crippen LogP contribution in [0.25, 0.3) is 0 Å². The Labute approximate surface area is 157 Å². The molecule has 5 nitrogen and oxygen atoms in total. The molecule has 0 saturated carbocycles. The number of carbonyl (C=O) groups excluding carboxylic acids is 2. The Morgan fingerprint density at radius 1 is 1.12 bits per heavy atom. The van der Waals surface area contributed by atoms with E-state index in [4.69, 9.17) is 9.47 Å². The van der Waals surface area contributed by atoms with E-state index in [1.54, 1.807) is 7.11 Å². The maximum atomic E-state index is 12.8. The third kappa shape index (κ3) is 6.45. The normalized spacial score (nSPS) is 15.6. The predicted molar refractivity (Wildman–Crippen MR) is 103 cm³/mol. The number of carbonyl (C=O) groups is 2. The number of ether oxygens (including phenoxy) is 2. The first kappa shape index (κ1) is 22.2. The van der Waals surface area contributed by atoms with Gasteiger partial charge in [0.05, 0.1) is 19.1 Å². The Bertz CT molecular complexity index is 546. The number of hydrogen-bond donors (Lipinski definition) is 1. The van der Waals surface area contributed by atoms with Crippen molar-refractivity contribution in [3.05, 3.63) is 35.9 Å². The Hall–Kier alpha value is -1.88. The van der Waals surface area contributed by atoms with E-state index in [9.17, 15) is 9.59 Å². The molecule has 1 aromatic rings. The fourth-order valence-corrected chi connectivity index (χ4v) is 3.41. The standard InChI is InChI=1S/C21H33NO4/c1-6-11-17(7-2)19(25-4)15(3)20(23)22-18(21(24)26-5)14-16-12-9-8-10-13-16/h8-10,12-13,15,17-19H,6-7,11,14H2,1-5H3,(H,22,23). The molecule has 1 amide bonds.